The fourth-order valence-electron chi connectivity index (χ4n) is 3.87. The Hall–Kier alpha value is -3.93. The van der Waals surface area contributed by atoms with Crippen LogP contribution in [-0.4, -0.2) is 76.6 Å². The second kappa shape index (κ2) is 9.28. The number of carbonyl (C=O) groups is 1. The lowest BCUT2D eigenvalue weighted by Gasteiger charge is -2.28. The van der Waals surface area contributed by atoms with Gasteiger partial charge >= 0.3 is 0 Å². The lowest BCUT2D eigenvalue weighted by molar-refractivity contribution is -0.120. The van der Waals surface area contributed by atoms with Gasteiger partial charge in [0, 0.05) is 56.6 Å². The van der Waals surface area contributed by atoms with Gasteiger partial charge in [0.25, 0.3) is 0 Å². The number of nitrogens with one attached hydrogen (secondary N) is 2. The summed E-state index contributed by atoms with van der Waals surface area (Å²) in [5.74, 6) is 1.83. The number of nitrogens with two attached hydrogens (primary N) is 1. The van der Waals surface area contributed by atoms with Crippen molar-refractivity contribution in [3.63, 3.8) is 0 Å². The molecule has 0 spiro atoms. The van der Waals surface area contributed by atoms with Crippen LogP contribution in [-0.2, 0) is 9.53 Å². The van der Waals surface area contributed by atoms with E-state index in [-0.39, 0.29) is 11.9 Å². The van der Waals surface area contributed by atoms with Crippen molar-refractivity contribution < 1.29 is 9.53 Å². The molecule has 172 valence electrons. The molecule has 3 aromatic rings. The monoisotopic (exact) mass is 450 g/mol. The van der Waals surface area contributed by atoms with E-state index >= 15 is 0 Å². The molecular weight excluding hydrogens is 424 g/mol. The molecule has 0 atom stereocenters. The Labute approximate surface area is 190 Å². The van der Waals surface area contributed by atoms with Crippen molar-refractivity contribution in [3.8, 4) is 5.82 Å². The molecule has 0 radical (unpaired) electrons. The molecule has 0 saturated carbocycles. The van der Waals surface area contributed by atoms with E-state index in [1.807, 2.05) is 17.0 Å². The van der Waals surface area contributed by atoms with Crippen molar-refractivity contribution >= 4 is 35.0 Å². The Balaban J connectivity index is 1.30. The summed E-state index contributed by atoms with van der Waals surface area (Å²) in [6, 6.07) is 9.89. The molecule has 4 N–H and O–H groups in total. The molecule has 0 unspecified atom stereocenters. The molecule has 2 fully saturated rings. The quantitative estimate of drug-likeness (QED) is 0.505. The smallest absolute Gasteiger partial charge is 0.248 e. The molecule has 2 aliphatic heterocycles. The van der Waals surface area contributed by atoms with Gasteiger partial charge < -0.3 is 30.9 Å². The summed E-state index contributed by atoms with van der Waals surface area (Å²) in [4.78, 5) is 28.9. The van der Waals surface area contributed by atoms with Crippen LogP contribution in [0.5, 0.6) is 0 Å². The first kappa shape index (κ1) is 20.9. The highest BCUT2D eigenvalue weighted by atomic mass is 16.5. The van der Waals surface area contributed by atoms with Gasteiger partial charge in [-0.3, -0.25) is 4.79 Å². The number of morpholine rings is 1. The molecule has 2 saturated heterocycles. The average Bonchev–Trinajstić information content (AvgIpc) is 3.07. The summed E-state index contributed by atoms with van der Waals surface area (Å²) in [5, 5.41) is 10.5. The van der Waals surface area contributed by atoms with E-state index in [0.29, 0.717) is 43.6 Å². The van der Waals surface area contributed by atoms with Crippen molar-refractivity contribution in [3.05, 3.63) is 36.7 Å². The number of nitrogens with zero attached hydrogens (tertiary/aromatic N) is 7. The third-order valence-electron chi connectivity index (χ3n) is 5.62. The highest BCUT2D eigenvalue weighted by molar-refractivity contribution is 5.77. The lowest BCUT2D eigenvalue weighted by atomic mass is 10.2. The molecule has 33 heavy (non-hydrogen) atoms. The van der Waals surface area contributed by atoms with Crippen molar-refractivity contribution in [1.82, 2.24) is 30.0 Å². The summed E-state index contributed by atoms with van der Waals surface area (Å²) in [7, 11) is 0. The van der Waals surface area contributed by atoms with E-state index in [0.717, 1.165) is 37.7 Å². The predicted molar refractivity (Wildman–Crippen MR) is 124 cm³/mol. The molecule has 2 aliphatic rings. The number of benzene rings is 1. The number of nitrogen functional groups attached to an aromatic ring is 1. The number of carbonyl (C=O) groups excluding carboxylic acids is 1. The average molecular weight is 451 g/mol. The maximum Gasteiger partial charge on any atom is 0.248 e. The fraction of sp³-hybridized carbons (Fsp3) is 0.381. The zero-order chi connectivity index (χ0) is 22.6. The van der Waals surface area contributed by atoms with Crippen LogP contribution in [0.2, 0.25) is 0 Å². The molecule has 1 amide bonds. The molecule has 5 rings (SSSR count). The lowest BCUT2D eigenvalue weighted by Crippen LogP contribution is -2.36. The van der Waals surface area contributed by atoms with Gasteiger partial charge in [-0.1, -0.05) is 0 Å². The number of rotatable bonds is 5. The van der Waals surface area contributed by atoms with Crippen molar-refractivity contribution in [2.45, 2.75) is 6.42 Å². The number of amides is 1. The van der Waals surface area contributed by atoms with Crippen LogP contribution in [0.15, 0.2) is 36.7 Å². The Morgan fingerprint density at radius 3 is 2.61 bits per heavy atom. The van der Waals surface area contributed by atoms with E-state index in [4.69, 9.17) is 10.5 Å². The van der Waals surface area contributed by atoms with E-state index in [1.165, 1.54) is 11.0 Å². The van der Waals surface area contributed by atoms with Crippen molar-refractivity contribution in [2.75, 3.05) is 66.8 Å². The largest absolute Gasteiger partial charge is 0.378 e. The van der Waals surface area contributed by atoms with E-state index in [1.54, 1.807) is 6.07 Å². The van der Waals surface area contributed by atoms with Crippen molar-refractivity contribution in [1.29, 1.82) is 0 Å². The van der Waals surface area contributed by atoms with Gasteiger partial charge in [-0.25, -0.2) is 9.97 Å². The number of hydrogen-bond acceptors (Lipinski definition) is 10. The predicted octanol–water partition coefficient (Wildman–Crippen LogP) is 0.546. The Morgan fingerprint density at radius 2 is 1.79 bits per heavy atom. The molecule has 12 nitrogen and oxygen atoms in total. The highest BCUT2D eigenvalue weighted by Gasteiger charge is 2.17. The van der Waals surface area contributed by atoms with Crippen LogP contribution >= 0.6 is 0 Å². The first-order valence-corrected chi connectivity index (χ1v) is 10.9. The first-order valence-electron chi connectivity index (χ1n) is 10.9. The van der Waals surface area contributed by atoms with Crippen LogP contribution in [0.3, 0.4) is 0 Å². The maximum atomic E-state index is 11.6. The maximum absolute atomic E-state index is 11.6. The van der Waals surface area contributed by atoms with Crippen LogP contribution in [0.1, 0.15) is 6.42 Å². The third kappa shape index (κ3) is 4.80. The highest BCUT2D eigenvalue weighted by Crippen LogP contribution is 2.22. The van der Waals surface area contributed by atoms with Gasteiger partial charge in [0.1, 0.15) is 12.1 Å². The number of hydrogen-bond donors (Lipinski definition) is 3. The molecule has 12 heteroatoms. The van der Waals surface area contributed by atoms with Gasteiger partial charge in [-0.05, 0) is 24.3 Å². The Bertz CT molecular complexity index is 1110. The Morgan fingerprint density at radius 1 is 1.00 bits per heavy atom. The van der Waals surface area contributed by atoms with Gasteiger partial charge in [0.05, 0.1) is 13.2 Å². The number of ether oxygens (including phenoxy) is 1. The van der Waals surface area contributed by atoms with Gasteiger partial charge in [0.15, 0.2) is 5.82 Å². The van der Waals surface area contributed by atoms with Crippen LogP contribution in [0.25, 0.3) is 5.82 Å². The summed E-state index contributed by atoms with van der Waals surface area (Å²) in [6.07, 6.45) is 1.88. The SMILES string of the molecule is Nc1nc(Nc2ccc(N3CCOCC3)cc2)nn1-c1cc(N2CCNC(=O)CC2)ncn1. The number of anilines is 5. The zero-order valence-electron chi connectivity index (χ0n) is 18.1. The van der Waals surface area contributed by atoms with Gasteiger partial charge in [-0.15, -0.1) is 5.10 Å². The summed E-state index contributed by atoms with van der Waals surface area (Å²) < 4.78 is 6.88. The minimum Gasteiger partial charge on any atom is -0.378 e. The molecule has 4 heterocycles. The number of aromatic nitrogens is 5. The normalized spacial score (nSPS) is 16.9. The molecule has 1 aromatic carbocycles. The van der Waals surface area contributed by atoms with Gasteiger partial charge in [0.2, 0.25) is 17.8 Å². The van der Waals surface area contributed by atoms with Crippen LogP contribution in [0.4, 0.5) is 29.1 Å². The zero-order valence-corrected chi connectivity index (χ0v) is 18.1. The first-order chi connectivity index (χ1) is 16.2. The molecule has 0 aliphatic carbocycles. The summed E-state index contributed by atoms with van der Waals surface area (Å²) in [6.45, 7) is 5.10. The third-order valence-corrected chi connectivity index (χ3v) is 5.62. The Kier molecular flexibility index (Phi) is 5.89. The summed E-state index contributed by atoms with van der Waals surface area (Å²) in [5.41, 5.74) is 8.13. The van der Waals surface area contributed by atoms with Crippen molar-refractivity contribution in [2.24, 2.45) is 0 Å². The van der Waals surface area contributed by atoms with Crippen LogP contribution < -0.4 is 26.2 Å². The molecule has 0 bridgehead atoms. The van der Waals surface area contributed by atoms with Crippen LogP contribution in [0, 0.1) is 0 Å². The standard InChI is InChI=1S/C21H26N10O2/c22-20-27-21(26-15-1-3-16(4-2-15)29-9-11-33-12-10-29)28-31(20)18-13-17(24-14-25-18)30-7-5-19(32)23-6-8-30/h1-4,13-14H,5-12H2,(H,23,32)(H3,22,26,27,28). The summed E-state index contributed by atoms with van der Waals surface area (Å²) >= 11 is 0. The topological polar surface area (TPSA) is 139 Å². The second-order valence-corrected chi connectivity index (χ2v) is 7.80. The molecule has 2 aromatic heterocycles. The minimum absolute atomic E-state index is 0.0426. The van der Waals surface area contributed by atoms with E-state index in [2.05, 4.69) is 47.7 Å². The second-order valence-electron chi connectivity index (χ2n) is 7.80. The molecular formula is C21H26N10O2. The minimum atomic E-state index is 0.0426. The van der Waals surface area contributed by atoms with E-state index in [9.17, 15) is 4.79 Å². The fourth-order valence-corrected chi connectivity index (χ4v) is 3.87. The van der Waals surface area contributed by atoms with E-state index < -0.39 is 0 Å². The van der Waals surface area contributed by atoms with Gasteiger partial charge in [-0.2, -0.15) is 9.67 Å².